The molecule has 106 valence electrons. The number of benzene rings is 1. The highest BCUT2D eigenvalue weighted by Gasteiger charge is 2.23. The molecular weight excluding hydrogens is 260 g/mol. The number of fused-ring (bicyclic) bond motifs is 2. The Morgan fingerprint density at radius 3 is 2.67 bits per heavy atom. The summed E-state index contributed by atoms with van der Waals surface area (Å²) in [7, 11) is 0. The van der Waals surface area contributed by atoms with Crippen molar-refractivity contribution < 1.29 is 4.74 Å². The number of para-hydroxylation sites is 1. The van der Waals surface area contributed by atoms with Gasteiger partial charge in [-0.2, -0.15) is 0 Å². The van der Waals surface area contributed by atoms with E-state index in [1.165, 1.54) is 22.3 Å². The van der Waals surface area contributed by atoms with Crippen molar-refractivity contribution in [3.63, 3.8) is 0 Å². The normalized spacial score (nSPS) is 17.5. The van der Waals surface area contributed by atoms with E-state index >= 15 is 0 Å². The molecule has 0 amide bonds. The van der Waals surface area contributed by atoms with Crippen LogP contribution in [0.25, 0.3) is 5.57 Å². The first-order chi connectivity index (χ1) is 10.4. The minimum Gasteiger partial charge on any atom is -0.487 e. The Hall–Kier alpha value is -2.13. The lowest BCUT2D eigenvalue weighted by molar-refractivity contribution is 0.302. The summed E-state index contributed by atoms with van der Waals surface area (Å²) in [5.74, 6) is 0.969. The molecule has 3 nitrogen and oxygen atoms in total. The summed E-state index contributed by atoms with van der Waals surface area (Å²) in [6.45, 7) is 2.65. The van der Waals surface area contributed by atoms with E-state index in [1.807, 2.05) is 18.3 Å². The maximum absolute atomic E-state index is 5.98. The zero-order chi connectivity index (χ0) is 14.1. The minimum atomic E-state index is 0.544. The van der Waals surface area contributed by atoms with Crippen LogP contribution in [0.15, 0.2) is 48.2 Å². The molecule has 1 saturated heterocycles. The molecule has 1 fully saturated rings. The Morgan fingerprint density at radius 1 is 0.952 bits per heavy atom. The number of pyridine rings is 1. The van der Waals surface area contributed by atoms with Crippen molar-refractivity contribution in [2.24, 2.45) is 0 Å². The third kappa shape index (κ3) is 2.24. The average Bonchev–Trinajstić information content (AvgIpc) is 2.72. The summed E-state index contributed by atoms with van der Waals surface area (Å²) < 4.78 is 5.98. The molecule has 0 unspecified atom stereocenters. The molecule has 0 saturated carbocycles. The predicted octanol–water partition coefficient (Wildman–Crippen LogP) is 3.16. The molecule has 2 aliphatic rings. The second-order valence-corrected chi connectivity index (χ2v) is 5.51. The molecule has 3 heterocycles. The van der Waals surface area contributed by atoms with Crippen molar-refractivity contribution in [2.45, 2.75) is 19.4 Å². The van der Waals surface area contributed by atoms with Crippen LogP contribution in [0.2, 0.25) is 0 Å². The van der Waals surface area contributed by atoms with Gasteiger partial charge in [-0.25, -0.2) is 0 Å². The van der Waals surface area contributed by atoms with Gasteiger partial charge in [0.15, 0.2) is 0 Å². The van der Waals surface area contributed by atoms with E-state index in [4.69, 9.17) is 4.74 Å². The first kappa shape index (κ1) is 12.6. The van der Waals surface area contributed by atoms with Crippen molar-refractivity contribution in [2.75, 3.05) is 13.1 Å². The molecule has 1 aromatic heterocycles. The van der Waals surface area contributed by atoms with Crippen LogP contribution in [0.1, 0.15) is 29.7 Å². The number of ether oxygens (including phenoxy) is 1. The van der Waals surface area contributed by atoms with Gasteiger partial charge >= 0.3 is 0 Å². The van der Waals surface area contributed by atoms with Gasteiger partial charge in [0, 0.05) is 17.3 Å². The Labute approximate surface area is 124 Å². The SMILES string of the molecule is c1ccc2c(c1)OCc1ncccc1C2=C1CCNCC1. The van der Waals surface area contributed by atoms with Crippen LogP contribution in [-0.4, -0.2) is 18.1 Å². The largest absolute Gasteiger partial charge is 0.487 e. The van der Waals surface area contributed by atoms with Gasteiger partial charge in [-0.15, -0.1) is 0 Å². The van der Waals surface area contributed by atoms with Crippen LogP contribution in [0.4, 0.5) is 0 Å². The minimum absolute atomic E-state index is 0.544. The summed E-state index contributed by atoms with van der Waals surface area (Å²) >= 11 is 0. The lowest BCUT2D eigenvalue weighted by Gasteiger charge is -2.21. The van der Waals surface area contributed by atoms with Crippen molar-refractivity contribution >= 4 is 5.57 Å². The van der Waals surface area contributed by atoms with Gasteiger partial charge < -0.3 is 10.1 Å². The van der Waals surface area contributed by atoms with Crippen LogP contribution in [0.3, 0.4) is 0 Å². The molecule has 0 atom stereocenters. The molecule has 2 aliphatic heterocycles. The van der Waals surface area contributed by atoms with Gasteiger partial charge in [-0.1, -0.05) is 29.8 Å². The number of piperidine rings is 1. The number of aromatic nitrogens is 1. The number of rotatable bonds is 0. The van der Waals surface area contributed by atoms with Crippen LogP contribution >= 0.6 is 0 Å². The smallest absolute Gasteiger partial charge is 0.131 e. The number of nitrogens with one attached hydrogen (secondary N) is 1. The lowest BCUT2D eigenvalue weighted by Crippen LogP contribution is -2.24. The molecular formula is C18H18N2O. The third-order valence-corrected chi connectivity index (χ3v) is 4.24. The van der Waals surface area contributed by atoms with E-state index in [9.17, 15) is 0 Å². The second-order valence-electron chi connectivity index (χ2n) is 5.51. The quantitative estimate of drug-likeness (QED) is 0.804. The molecule has 4 rings (SSSR count). The summed E-state index contributed by atoms with van der Waals surface area (Å²) in [6.07, 6.45) is 4.04. The fraction of sp³-hybridized carbons (Fsp3) is 0.278. The lowest BCUT2D eigenvalue weighted by atomic mass is 9.88. The van der Waals surface area contributed by atoms with Crippen molar-refractivity contribution in [1.29, 1.82) is 0 Å². The average molecular weight is 278 g/mol. The maximum atomic E-state index is 5.98. The summed E-state index contributed by atoms with van der Waals surface area (Å²) in [4.78, 5) is 4.53. The Kier molecular flexibility index (Phi) is 3.20. The number of nitrogens with zero attached hydrogens (tertiary/aromatic N) is 1. The second kappa shape index (κ2) is 5.34. The third-order valence-electron chi connectivity index (χ3n) is 4.24. The molecule has 0 radical (unpaired) electrons. The topological polar surface area (TPSA) is 34.1 Å². The van der Waals surface area contributed by atoms with Crippen molar-refractivity contribution in [3.8, 4) is 5.75 Å². The number of hydrogen-bond acceptors (Lipinski definition) is 3. The van der Waals surface area contributed by atoms with Crippen LogP contribution in [-0.2, 0) is 6.61 Å². The highest BCUT2D eigenvalue weighted by molar-refractivity contribution is 5.86. The fourth-order valence-corrected chi connectivity index (χ4v) is 3.23. The Balaban J connectivity index is 1.98. The standard InChI is InChI=1S/C18H18N2O/c1-2-6-17-15(4-1)18(13-7-10-19-11-8-13)14-5-3-9-20-16(14)12-21-17/h1-6,9,19H,7-8,10-12H2. The first-order valence-corrected chi connectivity index (χ1v) is 7.53. The predicted molar refractivity (Wildman–Crippen MR) is 83.1 cm³/mol. The molecule has 0 aliphatic carbocycles. The van der Waals surface area contributed by atoms with E-state index < -0.39 is 0 Å². The molecule has 3 heteroatoms. The van der Waals surface area contributed by atoms with Gasteiger partial charge in [0.25, 0.3) is 0 Å². The van der Waals surface area contributed by atoms with E-state index in [1.54, 1.807) is 0 Å². The summed E-state index contributed by atoms with van der Waals surface area (Å²) in [5, 5.41) is 3.44. The molecule has 0 bridgehead atoms. The van der Waals surface area contributed by atoms with Crippen LogP contribution in [0, 0.1) is 0 Å². The zero-order valence-electron chi connectivity index (χ0n) is 11.9. The fourth-order valence-electron chi connectivity index (χ4n) is 3.23. The molecule has 2 aromatic rings. The first-order valence-electron chi connectivity index (χ1n) is 7.53. The number of hydrogen-bond donors (Lipinski definition) is 1. The Bertz CT molecular complexity index is 648. The highest BCUT2D eigenvalue weighted by atomic mass is 16.5. The zero-order valence-corrected chi connectivity index (χ0v) is 11.9. The van der Waals surface area contributed by atoms with Gasteiger partial charge in [0.05, 0.1) is 5.69 Å². The van der Waals surface area contributed by atoms with Gasteiger partial charge in [-0.05, 0) is 43.6 Å². The van der Waals surface area contributed by atoms with Crippen molar-refractivity contribution in [1.82, 2.24) is 10.3 Å². The summed E-state index contributed by atoms with van der Waals surface area (Å²) in [5.41, 5.74) is 6.34. The van der Waals surface area contributed by atoms with E-state index in [0.29, 0.717) is 6.61 Å². The van der Waals surface area contributed by atoms with Gasteiger partial charge in [0.2, 0.25) is 0 Å². The highest BCUT2D eigenvalue weighted by Crippen LogP contribution is 2.39. The molecule has 1 aromatic carbocycles. The molecule has 1 N–H and O–H groups in total. The molecule has 21 heavy (non-hydrogen) atoms. The van der Waals surface area contributed by atoms with Crippen LogP contribution < -0.4 is 10.1 Å². The van der Waals surface area contributed by atoms with E-state index in [0.717, 1.165) is 37.4 Å². The Morgan fingerprint density at radius 2 is 1.76 bits per heavy atom. The van der Waals surface area contributed by atoms with E-state index in [2.05, 4.69) is 34.6 Å². The van der Waals surface area contributed by atoms with Crippen LogP contribution in [0.5, 0.6) is 5.75 Å². The van der Waals surface area contributed by atoms with Gasteiger partial charge in [0.1, 0.15) is 12.4 Å². The molecule has 0 spiro atoms. The van der Waals surface area contributed by atoms with Gasteiger partial charge in [-0.3, -0.25) is 4.98 Å². The maximum Gasteiger partial charge on any atom is 0.131 e. The summed E-state index contributed by atoms with van der Waals surface area (Å²) in [6, 6.07) is 12.6. The van der Waals surface area contributed by atoms with Crippen molar-refractivity contribution in [3.05, 3.63) is 65.0 Å². The van der Waals surface area contributed by atoms with E-state index in [-0.39, 0.29) is 0 Å². The monoisotopic (exact) mass is 278 g/mol.